The lowest BCUT2D eigenvalue weighted by Gasteiger charge is -1.96. The van der Waals surface area contributed by atoms with Crippen molar-refractivity contribution in [2.45, 2.75) is 20.5 Å². The Morgan fingerprint density at radius 2 is 2.00 bits per heavy atom. The van der Waals surface area contributed by atoms with Gasteiger partial charge >= 0.3 is 0 Å². The zero-order chi connectivity index (χ0) is 13.0. The van der Waals surface area contributed by atoms with Crippen molar-refractivity contribution in [1.29, 1.82) is 0 Å². The molecular formula is C13H15N3O2. The van der Waals surface area contributed by atoms with Crippen LogP contribution in [-0.2, 0) is 11.3 Å². The average molecular weight is 245 g/mol. The molecule has 2 aromatic heterocycles. The molecule has 2 rings (SSSR count). The first-order valence-electron chi connectivity index (χ1n) is 5.61. The third-order valence-electron chi connectivity index (χ3n) is 2.25. The van der Waals surface area contributed by atoms with Crippen LogP contribution < -0.4 is 0 Å². The summed E-state index contributed by atoms with van der Waals surface area (Å²) in [5.74, 6) is 1.86. The van der Waals surface area contributed by atoms with Crippen LogP contribution in [0.15, 0.2) is 27.6 Å². The van der Waals surface area contributed by atoms with E-state index in [-0.39, 0.29) is 0 Å². The number of hydrogen-bond acceptors (Lipinski definition) is 5. The summed E-state index contributed by atoms with van der Waals surface area (Å²) in [5, 5.41) is 0. The third-order valence-corrected chi connectivity index (χ3v) is 2.25. The summed E-state index contributed by atoms with van der Waals surface area (Å²) < 4.78 is 10.4. The fourth-order valence-corrected chi connectivity index (χ4v) is 1.57. The topological polar surface area (TPSA) is 60.5 Å². The van der Waals surface area contributed by atoms with E-state index in [1.807, 2.05) is 32.0 Å². The van der Waals surface area contributed by atoms with Crippen LogP contribution in [0, 0.1) is 13.8 Å². The quantitative estimate of drug-likeness (QED) is 0.777. The van der Waals surface area contributed by atoms with E-state index in [9.17, 15) is 0 Å². The Bertz CT molecular complexity index is 541. The number of aromatic nitrogens is 2. The van der Waals surface area contributed by atoms with Gasteiger partial charge in [0.25, 0.3) is 0 Å². The fourth-order valence-electron chi connectivity index (χ4n) is 1.57. The number of nitrogens with zero attached hydrogens (tertiary/aromatic N) is 3. The molecule has 0 atom stereocenters. The van der Waals surface area contributed by atoms with Gasteiger partial charge in [-0.15, -0.1) is 0 Å². The van der Waals surface area contributed by atoms with Crippen molar-refractivity contribution in [3.05, 3.63) is 41.1 Å². The molecule has 18 heavy (non-hydrogen) atoms. The molecule has 0 aliphatic heterocycles. The summed E-state index contributed by atoms with van der Waals surface area (Å²) in [4.78, 5) is 12.6. The van der Waals surface area contributed by atoms with Crippen molar-refractivity contribution in [3.8, 4) is 0 Å². The van der Waals surface area contributed by atoms with E-state index in [0.29, 0.717) is 18.3 Å². The minimum Gasteiger partial charge on any atom is -0.458 e. The molecule has 5 nitrogen and oxygen atoms in total. The molecule has 0 amide bonds. The molecule has 2 aromatic rings. The maximum Gasteiger partial charge on any atom is 0.249 e. The highest BCUT2D eigenvalue weighted by Crippen LogP contribution is 2.10. The number of aliphatic imine (C=N–C) groups is 1. The summed E-state index contributed by atoms with van der Waals surface area (Å²) in [6.07, 6.45) is 1.60. The summed E-state index contributed by atoms with van der Waals surface area (Å²) in [6, 6.07) is 5.59. The molecular weight excluding hydrogens is 230 g/mol. The second kappa shape index (κ2) is 5.55. The zero-order valence-corrected chi connectivity index (χ0v) is 10.7. The van der Waals surface area contributed by atoms with Gasteiger partial charge in [-0.2, -0.15) is 0 Å². The number of hydrogen-bond donors (Lipinski definition) is 0. The minimum atomic E-state index is 0.442. The summed E-state index contributed by atoms with van der Waals surface area (Å²) in [5.41, 5.74) is 1.79. The molecule has 5 heteroatoms. The minimum absolute atomic E-state index is 0.442. The Hall–Kier alpha value is -2.01. The Kier molecular flexibility index (Phi) is 3.84. The number of furan rings is 1. The van der Waals surface area contributed by atoms with Gasteiger partial charge in [-0.05, 0) is 32.0 Å². The van der Waals surface area contributed by atoms with Crippen molar-refractivity contribution in [2.24, 2.45) is 4.99 Å². The van der Waals surface area contributed by atoms with E-state index in [0.717, 1.165) is 17.1 Å². The van der Waals surface area contributed by atoms with Crippen LogP contribution in [0.25, 0.3) is 0 Å². The van der Waals surface area contributed by atoms with Gasteiger partial charge in [-0.1, -0.05) is 0 Å². The van der Waals surface area contributed by atoms with E-state index in [4.69, 9.17) is 9.15 Å². The molecule has 94 valence electrons. The van der Waals surface area contributed by atoms with Gasteiger partial charge in [0.2, 0.25) is 5.95 Å². The van der Waals surface area contributed by atoms with Crippen molar-refractivity contribution >= 4 is 12.2 Å². The van der Waals surface area contributed by atoms with Crippen LogP contribution in [0.3, 0.4) is 0 Å². The van der Waals surface area contributed by atoms with Crippen LogP contribution in [0.5, 0.6) is 0 Å². The van der Waals surface area contributed by atoms with Crippen molar-refractivity contribution < 1.29 is 9.15 Å². The van der Waals surface area contributed by atoms with Gasteiger partial charge in [0.1, 0.15) is 18.1 Å². The monoisotopic (exact) mass is 245 g/mol. The van der Waals surface area contributed by atoms with E-state index in [1.54, 1.807) is 13.3 Å². The maximum atomic E-state index is 5.48. The SMILES string of the molecule is COCc1ccc(C=Nc2nc(C)cc(C)n2)o1. The normalized spacial score (nSPS) is 11.3. The first-order chi connectivity index (χ1) is 8.67. The molecule has 0 radical (unpaired) electrons. The Morgan fingerprint density at radius 3 is 2.67 bits per heavy atom. The number of methoxy groups -OCH3 is 1. The number of ether oxygens (including phenoxy) is 1. The average Bonchev–Trinajstić information content (AvgIpc) is 2.74. The molecule has 0 aliphatic carbocycles. The highest BCUT2D eigenvalue weighted by atomic mass is 16.5. The maximum absolute atomic E-state index is 5.48. The second-order valence-electron chi connectivity index (χ2n) is 3.95. The van der Waals surface area contributed by atoms with Gasteiger partial charge < -0.3 is 9.15 Å². The molecule has 0 saturated carbocycles. The van der Waals surface area contributed by atoms with Crippen LogP contribution in [0.1, 0.15) is 22.9 Å². The van der Waals surface area contributed by atoms with Crippen molar-refractivity contribution in [1.82, 2.24) is 9.97 Å². The lowest BCUT2D eigenvalue weighted by atomic mass is 10.4. The Balaban J connectivity index is 2.13. The predicted octanol–water partition coefficient (Wildman–Crippen LogP) is 2.58. The number of rotatable bonds is 4. The van der Waals surface area contributed by atoms with Crippen molar-refractivity contribution in [2.75, 3.05) is 7.11 Å². The van der Waals surface area contributed by atoms with Crippen molar-refractivity contribution in [3.63, 3.8) is 0 Å². The lowest BCUT2D eigenvalue weighted by molar-refractivity contribution is 0.164. The molecule has 0 bridgehead atoms. The molecule has 0 N–H and O–H groups in total. The molecule has 0 aliphatic rings. The van der Waals surface area contributed by atoms with Crippen LogP contribution in [0.2, 0.25) is 0 Å². The van der Waals surface area contributed by atoms with Crippen LogP contribution in [0.4, 0.5) is 5.95 Å². The van der Waals surface area contributed by atoms with Crippen LogP contribution in [-0.4, -0.2) is 23.3 Å². The smallest absolute Gasteiger partial charge is 0.249 e. The lowest BCUT2D eigenvalue weighted by Crippen LogP contribution is -1.89. The van der Waals surface area contributed by atoms with Gasteiger partial charge in [0.05, 0.1) is 6.21 Å². The molecule has 0 spiro atoms. The second-order valence-corrected chi connectivity index (χ2v) is 3.95. The van der Waals surface area contributed by atoms with Gasteiger partial charge in [0.15, 0.2) is 0 Å². The molecule has 0 fully saturated rings. The summed E-state index contributed by atoms with van der Waals surface area (Å²) >= 11 is 0. The molecule has 0 aromatic carbocycles. The molecule has 0 unspecified atom stereocenters. The van der Waals surface area contributed by atoms with Gasteiger partial charge in [-0.25, -0.2) is 15.0 Å². The zero-order valence-electron chi connectivity index (χ0n) is 10.7. The fraction of sp³-hybridized carbons (Fsp3) is 0.308. The highest BCUT2D eigenvalue weighted by molar-refractivity contribution is 5.77. The largest absolute Gasteiger partial charge is 0.458 e. The Morgan fingerprint density at radius 1 is 1.28 bits per heavy atom. The summed E-state index contributed by atoms with van der Waals surface area (Å²) in [6.45, 7) is 4.28. The third kappa shape index (κ3) is 3.24. The Labute approximate surface area is 106 Å². The van der Waals surface area contributed by atoms with Gasteiger partial charge in [-0.3, -0.25) is 0 Å². The van der Waals surface area contributed by atoms with E-state index < -0.39 is 0 Å². The van der Waals surface area contributed by atoms with E-state index in [1.165, 1.54) is 0 Å². The number of aryl methyl sites for hydroxylation is 2. The first kappa shape index (κ1) is 12.4. The summed E-state index contributed by atoms with van der Waals surface area (Å²) in [7, 11) is 1.62. The highest BCUT2D eigenvalue weighted by Gasteiger charge is 2.00. The molecule has 2 heterocycles. The first-order valence-corrected chi connectivity index (χ1v) is 5.61. The molecule has 0 saturated heterocycles. The van der Waals surface area contributed by atoms with Gasteiger partial charge in [0, 0.05) is 18.5 Å². The van der Waals surface area contributed by atoms with E-state index in [2.05, 4.69) is 15.0 Å². The van der Waals surface area contributed by atoms with Crippen LogP contribution >= 0.6 is 0 Å². The van der Waals surface area contributed by atoms with E-state index >= 15 is 0 Å². The predicted molar refractivity (Wildman–Crippen MR) is 68.2 cm³/mol. The standard InChI is InChI=1S/C13H15N3O2/c1-9-6-10(2)16-13(15-9)14-7-11-4-5-12(18-11)8-17-3/h4-7H,8H2,1-3H3.